The van der Waals surface area contributed by atoms with E-state index in [0.717, 1.165) is 82.3 Å². The number of aromatic nitrogens is 5. The predicted octanol–water partition coefficient (Wildman–Crippen LogP) is 16.2. The molecule has 0 bridgehead atoms. The van der Waals surface area contributed by atoms with Gasteiger partial charge >= 0.3 is 0 Å². The van der Waals surface area contributed by atoms with E-state index in [1.54, 1.807) is 0 Å². The SMILES string of the molecule is c1ccc2cc3c(-c4cc(-c5nc(-c6c7ccccc7cc7cccnc67)nc(-c6c7ccccc7cc7cccnc67)n5)cc(-c5cccc6cc7ccccc7cc56)c4)cccc3cc2c1. The standard InChI is InChI=1S/C63H37N5/c1-3-15-40-36-55-44(29-38(40)13-1)19-9-25-51(55)48-33-49(52-26-10-20-45-30-39-14-2-4-16-41(39)37-56(45)52)35-50(34-48)61-66-62(57-53-23-7-5-17-42(53)31-46-21-11-27-64-59(46)57)68-63(67-61)58-54-24-8-6-18-43(54)32-47-22-12-28-65-60(47)58/h1-37H. The van der Waals surface area contributed by atoms with E-state index in [2.05, 4.69) is 200 Å². The minimum absolute atomic E-state index is 0.544. The number of nitrogens with zero attached hydrogens (tertiary/aromatic N) is 5. The molecule has 3 heterocycles. The van der Waals surface area contributed by atoms with Crippen LogP contribution in [0.4, 0.5) is 0 Å². The highest BCUT2D eigenvalue weighted by Gasteiger charge is 2.22. The maximum absolute atomic E-state index is 5.55. The summed E-state index contributed by atoms with van der Waals surface area (Å²) in [7, 11) is 0. The fraction of sp³-hybridized carbons (Fsp3) is 0. The van der Waals surface area contributed by atoms with Crippen molar-refractivity contribution < 1.29 is 0 Å². The first kappa shape index (κ1) is 38.1. The van der Waals surface area contributed by atoms with E-state index < -0.39 is 0 Å². The van der Waals surface area contributed by atoms with E-state index in [-0.39, 0.29) is 0 Å². The van der Waals surface area contributed by atoms with Crippen molar-refractivity contribution in [3.63, 3.8) is 0 Å². The third kappa shape index (κ3) is 6.21. The second-order valence-corrected chi connectivity index (χ2v) is 17.7. The van der Waals surface area contributed by atoms with Crippen LogP contribution >= 0.6 is 0 Å². The van der Waals surface area contributed by atoms with Gasteiger partial charge in [-0.2, -0.15) is 0 Å². The molecule has 14 rings (SSSR count). The third-order valence-electron chi connectivity index (χ3n) is 13.6. The molecule has 11 aromatic carbocycles. The zero-order chi connectivity index (χ0) is 44.7. The fourth-order valence-electron chi connectivity index (χ4n) is 10.5. The van der Waals surface area contributed by atoms with Crippen LogP contribution in [0.15, 0.2) is 225 Å². The van der Waals surface area contributed by atoms with Crippen molar-refractivity contribution in [2.45, 2.75) is 0 Å². The zero-order valence-electron chi connectivity index (χ0n) is 36.6. The van der Waals surface area contributed by atoms with E-state index in [4.69, 9.17) is 24.9 Å². The number of pyridine rings is 2. The average molecular weight is 864 g/mol. The van der Waals surface area contributed by atoms with Crippen LogP contribution in [0.25, 0.3) is 143 Å². The Morgan fingerprint density at radius 2 is 0.588 bits per heavy atom. The quantitative estimate of drug-likeness (QED) is 0.161. The smallest absolute Gasteiger partial charge is 0.166 e. The molecule has 5 nitrogen and oxygen atoms in total. The van der Waals surface area contributed by atoms with Gasteiger partial charge in [-0.1, -0.05) is 146 Å². The van der Waals surface area contributed by atoms with Crippen molar-refractivity contribution in [1.82, 2.24) is 24.9 Å². The van der Waals surface area contributed by atoms with Crippen molar-refractivity contribution in [3.05, 3.63) is 225 Å². The Labute approximate surface area is 390 Å². The summed E-state index contributed by atoms with van der Waals surface area (Å²) in [5, 5.41) is 15.8. The Balaban J connectivity index is 1.11. The summed E-state index contributed by atoms with van der Waals surface area (Å²) in [6.45, 7) is 0. The number of rotatable bonds is 5. The van der Waals surface area contributed by atoms with E-state index in [1.807, 2.05) is 24.5 Å². The lowest BCUT2D eigenvalue weighted by molar-refractivity contribution is 1.08. The molecule has 0 radical (unpaired) electrons. The molecule has 314 valence electrons. The Morgan fingerprint density at radius 1 is 0.235 bits per heavy atom. The van der Waals surface area contributed by atoms with Gasteiger partial charge in [-0.3, -0.25) is 9.97 Å². The van der Waals surface area contributed by atoms with Gasteiger partial charge in [0.25, 0.3) is 0 Å². The first-order chi connectivity index (χ1) is 33.7. The molecular weight excluding hydrogens is 827 g/mol. The molecule has 0 atom stereocenters. The van der Waals surface area contributed by atoms with Crippen molar-refractivity contribution in [2.75, 3.05) is 0 Å². The minimum atomic E-state index is 0.544. The molecule has 0 unspecified atom stereocenters. The van der Waals surface area contributed by atoms with E-state index >= 15 is 0 Å². The summed E-state index contributed by atoms with van der Waals surface area (Å²) in [4.78, 5) is 26.6. The van der Waals surface area contributed by atoms with Crippen molar-refractivity contribution in [3.8, 4) is 56.4 Å². The molecule has 0 saturated heterocycles. The Bertz CT molecular complexity index is 4020. The van der Waals surface area contributed by atoms with Gasteiger partial charge in [-0.05, 0) is 154 Å². The van der Waals surface area contributed by atoms with Crippen LogP contribution in [0.5, 0.6) is 0 Å². The Kier molecular flexibility index (Phi) is 8.52. The van der Waals surface area contributed by atoms with Crippen LogP contribution < -0.4 is 0 Å². The molecule has 0 aliphatic carbocycles. The average Bonchev–Trinajstić information content (AvgIpc) is 3.39. The van der Waals surface area contributed by atoms with Gasteiger partial charge in [0, 0.05) is 28.7 Å². The van der Waals surface area contributed by atoms with Crippen LogP contribution in [0.2, 0.25) is 0 Å². The fourth-order valence-corrected chi connectivity index (χ4v) is 10.5. The van der Waals surface area contributed by atoms with Crippen molar-refractivity contribution in [1.29, 1.82) is 0 Å². The lowest BCUT2D eigenvalue weighted by atomic mass is 9.90. The minimum Gasteiger partial charge on any atom is -0.255 e. The summed E-state index contributed by atoms with van der Waals surface area (Å²) in [6.07, 6.45) is 3.70. The molecule has 3 aromatic heterocycles. The molecule has 0 aliphatic rings. The lowest BCUT2D eigenvalue weighted by Crippen LogP contribution is -2.03. The maximum atomic E-state index is 5.55. The zero-order valence-corrected chi connectivity index (χ0v) is 36.6. The molecule has 0 N–H and O–H groups in total. The van der Waals surface area contributed by atoms with Crippen LogP contribution in [-0.2, 0) is 0 Å². The van der Waals surface area contributed by atoms with E-state index in [0.29, 0.717) is 17.5 Å². The molecule has 0 aliphatic heterocycles. The number of fused-ring (bicyclic) bond motifs is 8. The van der Waals surface area contributed by atoms with Crippen LogP contribution in [0.3, 0.4) is 0 Å². The highest BCUT2D eigenvalue weighted by atomic mass is 15.0. The van der Waals surface area contributed by atoms with Gasteiger partial charge in [0.2, 0.25) is 0 Å². The molecule has 14 aromatic rings. The molecule has 68 heavy (non-hydrogen) atoms. The summed E-state index contributed by atoms with van der Waals surface area (Å²) in [5.74, 6) is 1.64. The van der Waals surface area contributed by atoms with Gasteiger partial charge in [-0.25, -0.2) is 15.0 Å². The number of benzene rings is 11. The van der Waals surface area contributed by atoms with Crippen LogP contribution in [0.1, 0.15) is 0 Å². The second-order valence-electron chi connectivity index (χ2n) is 17.7. The Hall–Kier alpha value is -9.19. The van der Waals surface area contributed by atoms with E-state index in [9.17, 15) is 0 Å². The van der Waals surface area contributed by atoms with Gasteiger partial charge in [0.15, 0.2) is 17.5 Å². The highest BCUT2D eigenvalue weighted by Crippen LogP contribution is 2.42. The van der Waals surface area contributed by atoms with Crippen molar-refractivity contribution >= 4 is 86.4 Å². The summed E-state index contributed by atoms with van der Waals surface area (Å²) >= 11 is 0. The normalized spacial score (nSPS) is 11.8. The number of hydrogen-bond donors (Lipinski definition) is 0. The van der Waals surface area contributed by atoms with Crippen LogP contribution in [0, 0.1) is 0 Å². The van der Waals surface area contributed by atoms with Gasteiger partial charge in [-0.15, -0.1) is 0 Å². The number of hydrogen-bond acceptors (Lipinski definition) is 5. The van der Waals surface area contributed by atoms with Gasteiger partial charge in [0.1, 0.15) is 0 Å². The molecular formula is C63H37N5. The predicted molar refractivity (Wildman–Crippen MR) is 283 cm³/mol. The molecule has 0 spiro atoms. The summed E-state index contributed by atoms with van der Waals surface area (Å²) < 4.78 is 0. The molecule has 0 fully saturated rings. The maximum Gasteiger partial charge on any atom is 0.166 e. The van der Waals surface area contributed by atoms with E-state index in [1.165, 1.54) is 43.1 Å². The highest BCUT2D eigenvalue weighted by molar-refractivity contribution is 6.13. The monoisotopic (exact) mass is 863 g/mol. The second kappa shape index (κ2) is 15.2. The topological polar surface area (TPSA) is 64.5 Å². The molecule has 0 saturated carbocycles. The summed E-state index contributed by atoms with van der Waals surface area (Å²) in [5.41, 5.74) is 8.64. The van der Waals surface area contributed by atoms with Crippen LogP contribution in [-0.4, -0.2) is 24.9 Å². The molecule has 5 heteroatoms. The molecule has 0 amide bonds. The lowest BCUT2D eigenvalue weighted by Gasteiger charge is -2.17. The van der Waals surface area contributed by atoms with Gasteiger partial charge in [0.05, 0.1) is 22.2 Å². The first-order valence-electron chi connectivity index (χ1n) is 23.0. The third-order valence-corrected chi connectivity index (χ3v) is 13.6. The van der Waals surface area contributed by atoms with Gasteiger partial charge < -0.3 is 0 Å². The Morgan fingerprint density at radius 3 is 1.07 bits per heavy atom. The largest absolute Gasteiger partial charge is 0.255 e. The first-order valence-corrected chi connectivity index (χ1v) is 23.0. The van der Waals surface area contributed by atoms with Crippen molar-refractivity contribution in [2.24, 2.45) is 0 Å². The summed E-state index contributed by atoms with van der Waals surface area (Å²) in [6, 6.07) is 76.0.